The summed E-state index contributed by atoms with van der Waals surface area (Å²) in [5.74, 6) is 1.13. The van der Waals surface area contributed by atoms with Crippen molar-refractivity contribution >= 4 is 57.5 Å². The van der Waals surface area contributed by atoms with Crippen LogP contribution in [0.3, 0.4) is 0 Å². The van der Waals surface area contributed by atoms with Gasteiger partial charge in [0.15, 0.2) is 11.5 Å². The van der Waals surface area contributed by atoms with E-state index in [1.165, 1.54) is 11.3 Å². The van der Waals surface area contributed by atoms with E-state index in [9.17, 15) is 0 Å². The van der Waals surface area contributed by atoms with E-state index in [4.69, 9.17) is 44.3 Å². The van der Waals surface area contributed by atoms with Crippen LogP contribution < -0.4 is 14.9 Å². The van der Waals surface area contributed by atoms with Gasteiger partial charge in [-0.1, -0.05) is 34.8 Å². The van der Waals surface area contributed by atoms with Crippen LogP contribution in [0.1, 0.15) is 16.8 Å². The Balaban J connectivity index is 1.69. The Kier molecular flexibility index (Phi) is 7.02. The van der Waals surface area contributed by atoms with Crippen LogP contribution in [0, 0.1) is 6.92 Å². The molecule has 0 saturated carbocycles. The van der Waals surface area contributed by atoms with Crippen LogP contribution in [0.4, 0.5) is 5.13 Å². The summed E-state index contributed by atoms with van der Waals surface area (Å²) >= 11 is 19.8. The fourth-order valence-electron chi connectivity index (χ4n) is 2.31. The van der Waals surface area contributed by atoms with Gasteiger partial charge in [0, 0.05) is 16.0 Å². The normalized spacial score (nSPS) is 11.0. The average molecular weight is 457 g/mol. The van der Waals surface area contributed by atoms with Gasteiger partial charge in [-0.05, 0) is 42.8 Å². The lowest BCUT2D eigenvalue weighted by atomic mass is 10.2. The van der Waals surface area contributed by atoms with E-state index in [1.54, 1.807) is 31.5 Å². The summed E-state index contributed by atoms with van der Waals surface area (Å²) < 4.78 is 11.3. The van der Waals surface area contributed by atoms with Crippen molar-refractivity contribution in [3.05, 3.63) is 67.6 Å². The number of hydrogen-bond acceptors (Lipinski definition) is 6. The molecular formula is C19H16Cl3N3O2S. The van der Waals surface area contributed by atoms with Crippen molar-refractivity contribution in [2.24, 2.45) is 5.10 Å². The lowest BCUT2D eigenvalue weighted by Crippen LogP contribution is -2.00. The zero-order valence-corrected chi connectivity index (χ0v) is 18.1. The standard InChI is InChI=1S/C19H16Cl3N3O2S/c1-11-10-28-19(24-11)25-23-8-12-3-4-17(18(5-12)26-2)27-9-14-15(21)6-13(20)7-16(14)22/h3-8,10H,9H2,1-2H3,(H,24,25). The predicted octanol–water partition coefficient (Wildman–Crippen LogP) is 6.45. The molecule has 0 atom stereocenters. The second kappa shape index (κ2) is 9.47. The van der Waals surface area contributed by atoms with Gasteiger partial charge in [0.25, 0.3) is 0 Å². The van der Waals surface area contributed by atoms with E-state index in [2.05, 4.69) is 15.5 Å². The Labute approximate surface area is 181 Å². The van der Waals surface area contributed by atoms with Crippen molar-refractivity contribution in [2.45, 2.75) is 13.5 Å². The Bertz CT molecular complexity index is 985. The number of nitrogens with one attached hydrogen (secondary N) is 1. The molecule has 0 unspecified atom stereocenters. The number of benzene rings is 2. The number of hydrazone groups is 1. The van der Waals surface area contributed by atoms with Crippen molar-refractivity contribution in [1.82, 2.24) is 4.98 Å². The van der Waals surface area contributed by atoms with Gasteiger partial charge in [-0.25, -0.2) is 4.98 Å². The lowest BCUT2D eigenvalue weighted by molar-refractivity contribution is 0.284. The van der Waals surface area contributed by atoms with Gasteiger partial charge in [-0.2, -0.15) is 5.10 Å². The summed E-state index contributed by atoms with van der Waals surface area (Å²) in [7, 11) is 1.57. The molecule has 2 aromatic carbocycles. The van der Waals surface area contributed by atoms with Gasteiger partial charge in [0.05, 0.1) is 29.1 Å². The first-order valence-electron chi connectivity index (χ1n) is 8.11. The summed E-state index contributed by atoms with van der Waals surface area (Å²) in [5, 5.41) is 8.24. The third kappa shape index (κ3) is 5.29. The molecule has 0 aliphatic rings. The first-order chi connectivity index (χ1) is 13.5. The second-order valence-electron chi connectivity index (χ2n) is 5.71. The maximum atomic E-state index is 6.20. The van der Waals surface area contributed by atoms with Gasteiger partial charge >= 0.3 is 0 Å². The predicted molar refractivity (Wildman–Crippen MR) is 117 cm³/mol. The Morgan fingerprint density at radius 3 is 2.54 bits per heavy atom. The number of anilines is 1. The van der Waals surface area contributed by atoms with Gasteiger partial charge < -0.3 is 9.47 Å². The summed E-state index contributed by atoms with van der Waals surface area (Å²) in [6.07, 6.45) is 1.68. The molecule has 146 valence electrons. The molecular weight excluding hydrogens is 441 g/mol. The molecule has 9 heteroatoms. The molecule has 0 saturated heterocycles. The Morgan fingerprint density at radius 2 is 1.89 bits per heavy atom. The molecule has 5 nitrogen and oxygen atoms in total. The number of ether oxygens (including phenoxy) is 2. The molecule has 0 radical (unpaired) electrons. The van der Waals surface area contributed by atoms with Crippen molar-refractivity contribution in [3.63, 3.8) is 0 Å². The Morgan fingerprint density at radius 1 is 1.14 bits per heavy atom. The van der Waals surface area contributed by atoms with Crippen LogP contribution in [-0.2, 0) is 6.61 Å². The first-order valence-corrected chi connectivity index (χ1v) is 10.1. The zero-order chi connectivity index (χ0) is 20.1. The molecule has 0 aliphatic heterocycles. The molecule has 0 spiro atoms. The summed E-state index contributed by atoms with van der Waals surface area (Å²) in [5.41, 5.74) is 5.34. The van der Waals surface area contributed by atoms with Crippen molar-refractivity contribution in [3.8, 4) is 11.5 Å². The second-order valence-corrected chi connectivity index (χ2v) is 7.82. The van der Waals surface area contributed by atoms with E-state index >= 15 is 0 Å². The third-order valence-electron chi connectivity index (χ3n) is 3.66. The van der Waals surface area contributed by atoms with Crippen molar-refractivity contribution in [1.29, 1.82) is 0 Å². The number of rotatable bonds is 7. The van der Waals surface area contributed by atoms with Crippen molar-refractivity contribution in [2.75, 3.05) is 12.5 Å². The first kappa shape index (κ1) is 20.7. The van der Waals surface area contributed by atoms with E-state index in [-0.39, 0.29) is 6.61 Å². The number of methoxy groups -OCH3 is 1. The highest BCUT2D eigenvalue weighted by molar-refractivity contribution is 7.13. The quantitative estimate of drug-likeness (QED) is 0.328. The SMILES string of the molecule is COc1cc(C=NNc2nc(C)cs2)ccc1OCc1c(Cl)cc(Cl)cc1Cl. The lowest BCUT2D eigenvalue weighted by Gasteiger charge is -2.13. The molecule has 3 aromatic rings. The fraction of sp³-hybridized carbons (Fsp3) is 0.158. The molecule has 1 N–H and O–H groups in total. The Hall–Kier alpha value is -1.99. The van der Waals surface area contributed by atoms with Gasteiger partial charge in [-0.15, -0.1) is 11.3 Å². The number of halogens is 3. The largest absolute Gasteiger partial charge is 0.493 e. The maximum Gasteiger partial charge on any atom is 0.203 e. The van der Waals surface area contributed by atoms with E-state index in [1.807, 2.05) is 24.4 Å². The topological polar surface area (TPSA) is 55.7 Å². The number of aryl methyl sites for hydroxylation is 1. The van der Waals surface area contributed by atoms with Crippen LogP contribution in [0.25, 0.3) is 0 Å². The molecule has 3 rings (SSSR count). The summed E-state index contributed by atoms with van der Waals surface area (Å²) in [6, 6.07) is 8.73. The average Bonchev–Trinajstić information content (AvgIpc) is 3.06. The van der Waals surface area contributed by atoms with Gasteiger partial charge in [-0.3, -0.25) is 5.43 Å². The zero-order valence-electron chi connectivity index (χ0n) is 15.0. The summed E-state index contributed by atoms with van der Waals surface area (Å²) in [4.78, 5) is 4.28. The van der Waals surface area contributed by atoms with Crippen LogP contribution in [0.2, 0.25) is 15.1 Å². The molecule has 1 aromatic heterocycles. The molecule has 0 fully saturated rings. The minimum atomic E-state index is 0.184. The number of hydrogen-bond donors (Lipinski definition) is 1. The van der Waals surface area contributed by atoms with Crippen LogP contribution in [-0.4, -0.2) is 18.3 Å². The summed E-state index contributed by atoms with van der Waals surface area (Å²) in [6.45, 7) is 2.11. The van der Waals surface area contributed by atoms with Gasteiger partial charge in [0.2, 0.25) is 5.13 Å². The highest BCUT2D eigenvalue weighted by Gasteiger charge is 2.11. The number of nitrogens with zero attached hydrogens (tertiary/aromatic N) is 2. The van der Waals surface area contributed by atoms with Crippen LogP contribution >= 0.6 is 46.1 Å². The minimum absolute atomic E-state index is 0.184. The van der Waals surface area contributed by atoms with Crippen LogP contribution in [0.5, 0.6) is 11.5 Å². The molecule has 0 amide bonds. The van der Waals surface area contributed by atoms with Gasteiger partial charge in [0.1, 0.15) is 6.61 Å². The van der Waals surface area contributed by atoms with E-state index in [0.717, 1.165) is 16.4 Å². The third-order valence-corrected chi connectivity index (χ3v) is 5.42. The minimum Gasteiger partial charge on any atom is -0.493 e. The molecule has 28 heavy (non-hydrogen) atoms. The molecule has 0 aliphatic carbocycles. The number of thiazole rings is 1. The number of aromatic nitrogens is 1. The maximum absolute atomic E-state index is 6.20. The highest BCUT2D eigenvalue weighted by atomic mass is 35.5. The van der Waals surface area contributed by atoms with E-state index < -0.39 is 0 Å². The van der Waals surface area contributed by atoms with Crippen LogP contribution in [0.15, 0.2) is 40.8 Å². The monoisotopic (exact) mass is 455 g/mol. The molecule has 1 heterocycles. The van der Waals surface area contributed by atoms with E-state index in [0.29, 0.717) is 32.1 Å². The highest BCUT2D eigenvalue weighted by Crippen LogP contribution is 2.32. The fourth-order valence-corrected chi connectivity index (χ4v) is 3.87. The van der Waals surface area contributed by atoms with Crippen molar-refractivity contribution < 1.29 is 9.47 Å². The molecule has 0 bridgehead atoms. The smallest absolute Gasteiger partial charge is 0.203 e.